The summed E-state index contributed by atoms with van der Waals surface area (Å²) in [4.78, 5) is 11.6. The molecule has 0 unspecified atom stereocenters. The number of aliphatic imine (C=N–C) groups is 1. The van der Waals surface area contributed by atoms with E-state index in [1.54, 1.807) is 28.4 Å². The van der Waals surface area contributed by atoms with E-state index in [0.29, 0.717) is 6.54 Å². The van der Waals surface area contributed by atoms with Gasteiger partial charge in [-0.25, -0.2) is 14.7 Å². The lowest BCUT2D eigenvalue weighted by molar-refractivity contribution is 0.819. The Hall–Kier alpha value is -2.67. The van der Waals surface area contributed by atoms with Crippen LogP contribution in [0.4, 0.5) is 0 Å². The van der Waals surface area contributed by atoms with Gasteiger partial charge in [-0.05, 0) is 49.7 Å². The first-order valence-corrected chi connectivity index (χ1v) is 9.08. The van der Waals surface area contributed by atoms with Crippen molar-refractivity contribution in [2.24, 2.45) is 4.99 Å². The molecule has 0 bridgehead atoms. The molecule has 3 rings (SSSR count). The predicted molar refractivity (Wildman–Crippen MR) is 102 cm³/mol. The zero-order valence-corrected chi connectivity index (χ0v) is 15.3. The molecule has 7 heteroatoms. The highest BCUT2D eigenvalue weighted by Gasteiger charge is 2.02. The Kier molecular flexibility index (Phi) is 5.79. The fourth-order valence-electron chi connectivity index (χ4n) is 2.35. The smallest absolute Gasteiger partial charge is 0.191 e. The summed E-state index contributed by atoms with van der Waals surface area (Å²) in [6.07, 6.45) is 5.41. The van der Waals surface area contributed by atoms with Crippen LogP contribution in [0.2, 0.25) is 0 Å². The maximum Gasteiger partial charge on any atom is 0.191 e. The number of thiophene rings is 1. The van der Waals surface area contributed by atoms with Crippen LogP contribution in [0.15, 0.2) is 53.9 Å². The maximum absolute atomic E-state index is 4.67. The summed E-state index contributed by atoms with van der Waals surface area (Å²) in [5.74, 6) is 1.61. The van der Waals surface area contributed by atoms with Gasteiger partial charge in [0.05, 0.1) is 13.1 Å². The Balaban J connectivity index is 1.65. The van der Waals surface area contributed by atoms with Crippen LogP contribution in [0.3, 0.4) is 0 Å². The zero-order valence-electron chi connectivity index (χ0n) is 14.4. The number of rotatable bonds is 6. The third-order valence-electron chi connectivity index (χ3n) is 3.54. The second-order valence-electron chi connectivity index (χ2n) is 5.53. The molecule has 0 spiro atoms. The van der Waals surface area contributed by atoms with E-state index >= 15 is 0 Å². The van der Waals surface area contributed by atoms with Crippen LogP contribution in [0.25, 0.3) is 5.82 Å². The third-order valence-corrected chi connectivity index (χ3v) is 4.54. The minimum absolute atomic E-state index is 0.579. The summed E-state index contributed by atoms with van der Waals surface area (Å²) in [6.45, 7) is 6.36. The standard InChI is InChI=1S/C18H22N6S/c1-3-19-18(22-13-16-6-5-14(2)25-16)21-12-15-7-9-20-17(11-15)24-10-4-8-23-24/h4-11H,3,12-13H2,1-2H3,(H2,19,21,22). The minimum atomic E-state index is 0.579. The molecule has 0 aliphatic heterocycles. The molecule has 0 saturated heterocycles. The number of aryl methyl sites for hydroxylation is 1. The molecule has 0 fully saturated rings. The van der Waals surface area contributed by atoms with Gasteiger partial charge in [-0.15, -0.1) is 11.3 Å². The molecule has 0 amide bonds. The third kappa shape index (κ3) is 4.90. The molecular weight excluding hydrogens is 332 g/mol. The van der Waals surface area contributed by atoms with Crippen molar-refractivity contribution in [2.45, 2.75) is 26.9 Å². The molecule has 0 aliphatic rings. The highest BCUT2D eigenvalue weighted by molar-refractivity contribution is 7.11. The minimum Gasteiger partial charge on any atom is -0.357 e. The van der Waals surface area contributed by atoms with Gasteiger partial charge in [-0.2, -0.15) is 5.10 Å². The van der Waals surface area contributed by atoms with Gasteiger partial charge in [0.1, 0.15) is 0 Å². The quantitative estimate of drug-likeness (QED) is 0.528. The van der Waals surface area contributed by atoms with Crippen molar-refractivity contribution >= 4 is 17.3 Å². The van der Waals surface area contributed by atoms with E-state index in [-0.39, 0.29) is 0 Å². The van der Waals surface area contributed by atoms with E-state index in [0.717, 1.165) is 30.4 Å². The molecule has 6 nitrogen and oxygen atoms in total. The van der Waals surface area contributed by atoms with Gasteiger partial charge >= 0.3 is 0 Å². The normalized spacial score (nSPS) is 11.5. The maximum atomic E-state index is 4.67. The monoisotopic (exact) mass is 354 g/mol. The van der Waals surface area contributed by atoms with E-state index < -0.39 is 0 Å². The van der Waals surface area contributed by atoms with Crippen LogP contribution in [0.1, 0.15) is 22.2 Å². The predicted octanol–water partition coefficient (Wildman–Crippen LogP) is 2.89. The molecule has 3 heterocycles. The summed E-state index contributed by atoms with van der Waals surface area (Å²) in [7, 11) is 0. The van der Waals surface area contributed by atoms with Crippen LogP contribution in [-0.2, 0) is 13.1 Å². The van der Waals surface area contributed by atoms with Crippen LogP contribution < -0.4 is 10.6 Å². The largest absolute Gasteiger partial charge is 0.357 e. The number of aromatic nitrogens is 3. The van der Waals surface area contributed by atoms with Crippen LogP contribution in [-0.4, -0.2) is 27.3 Å². The van der Waals surface area contributed by atoms with E-state index in [1.165, 1.54) is 9.75 Å². The van der Waals surface area contributed by atoms with Gasteiger partial charge in [-0.1, -0.05) is 0 Å². The van der Waals surface area contributed by atoms with Crippen molar-refractivity contribution in [3.05, 3.63) is 64.2 Å². The molecule has 0 saturated carbocycles. The number of nitrogens with one attached hydrogen (secondary N) is 2. The highest BCUT2D eigenvalue weighted by atomic mass is 32.1. The average Bonchev–Trinajstić information content (AvgIpc) is 3.29. The number of hydrogen-bond acceptors (Lipinski definition) is 4. The molecule has 2 N–H and O–H groups in total. The Morgan fingerprint density at radius 1 is 1.24 bits per heavy atom. The first kappa shape index (κ1) is 17.2. The van der Waals surface area contributed by atoms with Crippen LogP contribution in [0, 0.1) is 6.92 Å². The van der Waals surface area contributed by atoms with E-state index in [2.05, 4.69) is 51.7 Å². The number of guanidine groups is 1. The fraction of sp³-hybridized carbons (Fsp3) is 0.278. The lowest BCUT2D eigenvalue weighted by Gasteiger charge is -2.10. The SMILES string of the molecule is CCNC(=NCc1ccnc(-n2cccn2)c1)NCc1ccc(C)s1. The summed E-state index contributed by atoms with van der Waals surface area (Å²) in [5, 5.41) is 10.9. The lowest BCUT2D eigenvalue weighted by atomic mass is 10.2. The van der Waals surface area contributed by atoms with Gasteiger partial charge in [0.25, 0.3) is 0 Å². The van der Waals surface area contributed by atoms with Gasteiger partial charge in [0.15, 0.2) is 11.8 Å². The first-order chi connectivity index (χ1) is 12.2. The van der Waals surface area contributed by atoms with Crippen molar-refractivity contribution < 1.29 is 0 Å². The molecule has 0 aliphatic carbocycles. The molecule has 3 aromatic rings. The van der Waals surface area contributed by atoms with Crippen LogP contribution in [0.5, 0.6) is 0 Å². The van der Waals surface area contributed by atoms with Crippen molar-refractivity contribution in [3.63, 3.8) is 0 Å². The van der Waals surface area contributed by atoms with Gasteiger partial charge in [0.2, 0.25) is 0 Å². The van der Waals surface area contributed by atoms with Gasteiger partial charge in [-0.3, -0.25) is 0 Å². The Morgan fingerprint density at radius 3 is 2.88 bits per heavy atom. The molecule has 0 atom stereocenters. The lowest BCUT2D eigenvalue weighted by Crippen LogP contribution is -2.36. The van der Waals surface area contributed by atoms with Crippen molar-refractivity contribution in [3.8, 4) is 5.82 Å². The van der Waals surface area contributed by atoms with Crippen molar-refractivity contribution in [1.82, 2.24) is 25.4 Å². The molecule has 0 radical (unpaired) electrons. The average molecular weight is 354 g/mol. The van der Waals surface area contributed by atoms with Crippen LogP contribution >= 0.6 is 11.3 Å². The van der Waals surface area contributed by atoms with Crippen molar-refractivity contribution in [2.75, 3.05) is 6.54 Å². The summed E-state index contributed by atoms with van der Waals surface area (Å²) in [5.41, 5.74) is 1.09. The van der Waals surface area contributed by atoms with Gasteiger partial charge in [0, 0.05) is 34.9 Å². The molecular formula is C18H22N6S. The fourth-order valence-corrected chi connectivity index (χ4v) is 3.18. The summed E-state index contributed by atoms with van der Waals surface area (Å²) >= 11 is 1.80. The molecule has 0 aromatic carbocycles. The summed E-state index contributed by atoms with van der Waals surface area (Å²) in [6, 6.07) is 10.1. The summed E-state index contributed by atoms with van der Waals surface area (Å²) < 4.78 is 1.75. The van der Waals surface area contributed by atoms with E-state index in [9.17, 15) is 0 Å². The first-order valence-electron chi connectivity index (χ1n) is 8.27. The second-order valence-corrected chi connectivity index (χ2v) is 6.91. The van der Waals surface area contributed by atoms with E-state index in [1.807, 2.05) is 24.4 Å². The highest BCUT2D eigenvalue weighted by Crippen LogP contribution is 2.14. The number of pyridine rings is 1. The topological polar surface area (TPSA) is 67.1 Å². The number of hydrogen-bond donors (Lipinski definition) is 2. The molecule has 130 valence electrons. The van der Waals surface area contributed by atoms with Gasteiger partial charge < -0.3 is 10.6 Å². The van der Waals surface area contributed by atoms with E-state index in [4.69, 9.17) is 0 Å². The Bertz CT molecular complexity index is 822. The Labute approximate surface area is 151 Å². The molecule has 25 heavy (non-hydrogen) atoms. The Morgan fingerprint density at radius 2 is 2.16 bits per heavy atom. The second kappa shape index (κ2) is 8.43. The molecule has 3 aromatic heterocycles. The number of nitrogens with zero attached hydrogens (tertiary/aromatic N) is 4. The zero-order chi connectivity index (χ0) is 17.5. The van der Waals surface area contributed by atoms with Crippen molar-refractivity contribution in [1.29, 1.82) is 0 Å².